The zero-order chi connectivity index (χ0) is 14.6. The van der Waals surface area contributed by atoms with Gasteiger partial charge in [-0.1, -0.05) is 17.6 Å². The van der Waals surface area contributed by atoms with Crippen LogP contribution in [0.2, 0.25) is 0 Å². The monoisotopic (exact) mass is 388 g/mol. The smallest absolute Gasteiger partial charge is 0.283 e. The highest BCUT2D eigenvalue weighted by Crippen LogP contribution is 2.50. The molecule has 0 aliphatic carbocycles. The third-order valence-electron chi connectivity index (χ3n) is 3.79. The number of hydrogen-bond donors (Lipinski definition) is 1. The summed E-state index contributed by atoms with van der Waals surface area (Å²) in [5.74, 6) is 1.51. The van der Waals surface area contributed by atoms with Crippen molar-refractivity contribution in [2.24, 2.45) is 10.7 Å². The van der Waals surface area contributed by atoms with Gasteiger partial charge in [0.15, 0.2) is 5.54 Å². The Bertz CT molecular complexity index is 740. The zero-order valence-corrected chi connectivity index (χ0v) is 13.1. The van der Waals surface area contributed by atoms with Gasteiger partial charge in [0.05, 0.1) is 0 Å². The minimum absolute atomic E-state index is 0.190. The SMILES string of the molecule is [B]c1ccc2c(c1)C1(COC(N)=N1)c1cc(I)ccc1O2. The van der Waals surface area contributed by atoms with Gasteiger partial charge in [0.25, 0.3) is 6.02 Å². The van der Waals surface area contributed by atoms with E-state index in [1.165, 1.54) is 0 Å². The van der Waals surface area contributed by atoms with Gasteiger partial charge in [0.2, 0.25) is 0 Å². The van der Waals surface area contributed by atoms with Crippen LogP contribution >= 0.6 is 22.6 Å². The number of benzene rings is 2. The first-order valence-electron chi connectivity index (χ1n) is 6.44. The van der Waals surface area contributed by atoms with Crippen LogP contribution < -0.4 is 15.9 Å². The van der Waals surface area contributed by atoms with E-state index in [1.54, 1.807) is 0 Å². The maximum Gasteiger partial charge on any atom is 0.283 e. The van der Waals surface area contributed by atoms with Gasteiger partial charge < -0.3 is 15.2 Å². The lowest BCUT2D eigenvalue weighted by atomic mass is 9.79. The van der Waals surface area contributed by atoms with E-state index in [0.29, 0.717) is 12.1 Å². The van der Waals surface area contributed by atoms with Crippen molar-refractivity contribution >= 4 is 41.9 Å². The average Bonchev–Trinajstić information content (AvgIpc) is 2.84. The predicted octanol–water partition coefficient (Wildman–Crippen LogP) is 1.78. The highest BCUT2D eigenvalue weighted by atomic mass is 127. The van der Waals surface area contributed by atoms with Gasteiger partial charge >= 0.3 is 0 Å². The average molecular weight is 388 g/mol. The summed E-state index contributed by atoms with van der Waals surface area (Å²) in [6.07, 6.45) is 0. The van der Waals surface area contributed by atoms with Crippen LogP contribution in [-0.4, -0.2) is 20.5 Å². The number of rotatable bonds is 0. The second-order valence-electron chi connectivity index (χ2n) is 5.10. The molecule has 0 saturated heterocycles. The van der Waals surface area contributed by atoms with Gasteiger partial charge in [-0.15, -0.1) is 0 Å². The topological polar surface area (TPSA) is 56.8 Å². The van der Waals surface area contributed by atoms with Crippen molar-refractivity contribution in [3.63, 3.8) is 0 Å². The van der Waals surface area contributed by atoms with E-state index in [-0.39, 0.29) is 6.02 Å². The molecule has 2 aromatic carbocycles. The van der Waals surface area contributed by atoms with Crippen molar-refractivity contribution < 1.29 is 9.47 Å². The molecule has 2 aliphatic rings. The number of hydrogen-bond acceptors (Lipinski definition) is 4. The van der Waals surface area contributed by atoms with Crippen LogP contribution in [0.1, 0.15) is 11.1 Å². The van der Waals surface area contributed by atoms with Gasteiger partial charge in [-0.3, -0.25) is 0 Å². The molecule has 0 fully saturated rings. The number of fused-ring (bicyclic) bond motifs is 4. The minimum atomic E-state index is -0.677. The van der Waals surface area contributed by atoms with Crippen molar-refractivity contribution in [2.45, 2.75) is 5.54 Å². The third-order valence-corrected chi connectivity index (χ3v) is 4.46. The van der Waals surface area contributed by atoms with Crippen molar-refractivity contribution in [1.82, 2.24) is 0 Å². The summed E-state index contributed by atoms with van der Waals surface area (Å²) in [5.41, 5.74) is 7.60. The quantitative estimate of drug-likeness (QED) is 0.553. The molecule has 0 bridgehead atoms. The Labute approximate surface area is 136 Å². The van der Waals surface area contributed by atoms with E-state index in [1.807, 2.05) is 36.4 Å². The summed E-state index contributed by atoms with van der Waals surface area (Å²) in [7, 11) is 5.94. The molecule has 6 heteroatoms. The van der Waals surface area contributed by atoms with Gasteiger partial charge in [0.1, 0.15) is 26.0 Å². The zero-order valence-electron chi connectivity index (χ0n) is 11.0. The Morgan fingerprint density at radius 3 is 2.57 bits per heavy atom. The molecule has 0 aromatic heterocycles. The normalized spacial score (nSPS) is 22.0. The maximum absolute atomic E-state index is 5.98. The Kier molecular flexibility index (Phi) is 2.72. The number of aliphatic imine (C=N–C) groups is 1. The summed E-state index contributed by atoms with van der Waals surface area (Å²) in [5, 5.41) is 0. The summed E-state index contributed by atoms with van der Waals surface area (Å²) in [6, 6.07) is 11.7. The van der Waals surface area contributed by atoms with E-state index in [0.717, 1.165) is 26.2 Å². The van der Waals surface area contributed by atoms with Crippen LogP contribution in [0.25, 0.3) is 0 Å². The van der Waals surface area contributed by atoms with E-state index < -0.39 is 5.54 Å². The summed E-state index contributed by atoms with van der Waals surface area (Å²) in [4.78, 5) is 4.58. The molecule has 0 amide bonds. The molecule has 2 aromatic rings. The lowest BCUT2D eigenvalue weighted by Crippen LogP contribution is -2.32. The van der Waals surface area contributed by atoms with Crippen LogP contribution in [-0.2, 0) is 10.3 Å². The largest absolute Gasteiger partial charge is 0.462 e. The molecule has 1 atom stereocenters. The molecule has 2 N–H and O–H groups in total. The van der Waals surface area contributed by atoms with Gasteiger partial charge in [-0.05, 0) is 46.9 Å². The molecular weight excluding hydrogens is 378 g/mol. The Morgan fingerprint density at radius 2 is 1.86 bits per heavy atom. The van der Waals surface area contributed by atoms with E-state index in [4.69, 9.17) is 23.1 Å². The Morgan fingerprint density at radius 1 is 1.14 bits per heavy atom. The van der Waals surface area contributed by atoms with E-state index in [2.05, 4.69) is 27.6 Å². The van der Waals surface area contributed by atoms with Crippen LogP contribution in [0.3, 0.4) is 0 Å². The fourth-order valence-corrected chi connectivity index (χ4v) is 3.34. The summed E-state index contributed by atoms with van der Waals surface area (Å²) >= 11 is 2.27. The van der Waals surface area contributed by atoms with E-state index in [9.17, 15) is 0 Å². The second kappa shape index (κ2) is 4.40. The Hall–Kier alpha value is -1.70. The van der Waals surface area contributed by atoms with E-state index >= 15 is 0 Å². The van der Waals surface area contributed by atoms with Crippen LogP contribution in [0.4, 0.5) is 0 Å². The molecule has 2 radical (unpaired) electrons. The standard InChI is InChI=1S/C15H10BIN2O2/c16-8-1-3-12-10(5-8)15(7-20-14(18)19-15)11-6-9(17)2-4-13(11)21-12/h1-6H,7H2,(H2,18,19). The molecule has 4 rings (SSSR count). The molecular formula is C15H10BIN2O2. The first-order valence-corrected chi connectivity index (χ1v) is 7.52. The first kappa shape index (κ1) is 13.0. The predicted molar refractivity (Wildman–Crippen MR) is 89.4 cm³/mol. The number of amidine groups is 1. The molecule has 2 heterocycles. The molecule has 102 valence electrons. The second-order valence-corrected chi connectivity index (χ2v) is 6.34. The lowest BCUT2D eigenvalue weighted by molar-refractivity contribution is 0.264. The molecule has 1 spiro atoms. The van der Waals surface area contributed by atoms with Crippen LogP contribution in [0.5, 0.6) is 11.5 Å². The minimum Gasteiger partial charge on any atom is -0.462 e. The third kappa shape index (κ3) is 1.85. The molecule has 4 nitrogen and oxygen atoms in total. The van der Waals surface area contributed by atoms with Gasteiger partial charge in [-0.25, -0.2) is 4.99 Å². The van der Waals surface area contributed by atoms with Crippen molar-refractivity contribution in [1.29, 1.82) is 0 Å². The fraction of sp³-hybridized carbons (Fsp3) is 0.133. The van der Waals surface area contributed by atoms with Crippen LogP contribution in [0.15, 0.2) is 41.4 Å². The highest BCUT2D eigenvalue weighted by molar-refractivity contribution is 14.1. The van der Waals surface area contributed by atoms with Crippen molar-refractivity contribution in [2.75, 3.05) is 6.61 Å². The number of halogens is 1. The van der Waals surface area contributed by atoms with Gasteiger partial charge in [-0.2, -0.15) is 0 Å². The van der Waals surface area contributed by atoms with Gasteiger partial charge in [0, 0.05) is 14.7 Å². The molecule has 2 aliphatic heterocycles. The first-order chi connectivity index (χ1) is 10.1. The number of nitrogens with two attached hydrogens (primary N) is 1. The summed E-state index contributed by atoms with van der Waals surface area (Å²) in [6.45, 7) is 0.353. The lowest BCUT2D eigenvalue weighted by Gasteiger charge is -2.33. The Balaban J connectivity index is 2.05. The van der Waals surface area contributed by atoms with Crippen LogP contribution in [0, 0.1) is 3.57 Å². The molecule has 1 unspecified atom stereocenters. The van der Waals surface area contributed by atoms with Crippen molar-refractivity contribution in [3.05, 3.63) is 51.1 Å². The maximum atomic E-state index is 5.98. The number of nitrogens with zero attached hydrogens (tertiary/aromatic N) is 1. The molecule has 21 heavy (non-hydrogen) atoms. The fourth-order valence-electron chi connectivity index (χ4n) is 2.84. The number of ether oxygens (including phenoxy) is 2. The van der Waals surface area contributed by atoms with Crippen molar-refractivity contribution in [3.8, 4) is 11.5 Å². The molecule has 0 saturated carbocycles. The summed E-state index contributed by atoms with van der Waals surface area (Å²) < 4.78 is 12.6. The highest BCUT2D eigenvalue weighted by Gasteiger charge is 2.46.